The van der Waals surface area contributed by atoms with Crippen molar-refractivity contribution in [2.45, 2.75) is 12.5 Å². The van der Waals surface area contributed by atoms with Crippen LogP contribution in [0.2, 0.25) is 5.02 Å². The summed E-state index contributed by atoms with van der Waals surface area (Å²) in [6.07, 6.45) is 0. The Morgan fingerprint density at radius 2 is 1.72 bits per heavy atom. The average Bonchev–Trinajstić information content (AvgIpc) is 2.33. The van der Waals surface area contributed by atoms with E-state index in [0.29, 0.717) is 16.1 Å². The standard InChI is InChI=1S/C14H12ClF2N/c1-14(18,10-4-2-3-5-11(10)15)9-6-7-12(16)13(17)8-9/h2-8H,18H2,1H3. The normalized spacial score (nSPS) is 14.3. The second-order valence-corrected chi connectivity index (χ2v) is 4.72. The third kappa shape index (κ3) is 2.24. The van der Waals surface area contributed by atoms with Gasteiger partial charge in [-0.25, -0.2) is 8.78 Å². The fourth-order valence-corrected chi connectivity index (χ4v) is 2.19. The maximum absolute atomic E-state index is 13.3. The van der Waals surface area contributed by atoms with Gasteiger partial charge in [0, 0.05) is 5.02 Å². The minimum absolute atomic E-state index is 0.467. The van der Waals surface area contributed by atoms with Crippen LogP contribution in [0.1, 0.15) is 18.1 Å². The van der Waals surface area contributed by atoms with E-state index in [9.17, 15) is 8.78 Å². The van der Waals surface area contributed by atoms with Gasteiger partial charge in [-0.3, -0.25) is 0 Å². The van der Waals surface area contributed by atoms with Crippen LogP contribution in [0.25, 0.3) is 0 Å². The molecule has 0 bridgehead atoms. The molecule has 0 spiro atoms. The molecule has 0 aliphatic carbocycles. The quantitative estimate of drug-likeness (QED) is 0.879. The van der Waals surface area contributed by atoms with Gasteiger partial charge >= 0.3 is 0 Å². The smallest absolute Gasteiger partial charge is 0.159 e. The first-order valence-electron chi connectivity index (χ1n) is 5.42. The Bertz CT molecular complexity index is 582. The fourth-order valence-electron chi connectivity index (χ4n) is 1.86. The van der Waals surface area contributed by atoms with Crippen LogP contribution in [0, 0.1) is 11.6 Å². The second-order valence-electron chi connectivity index (χ2n) is 4.31. The van der Waals surface area contributed by atoms with Gasteiger partial charge < -0.3 is 5.73 Å². The summed E-state index contributed by atoms with van der Waals surface area (Å²) in [5, 5.41) is 0.493. The molecule has 2 aromatic carbocycles. The predicted octanol–water partition coefficient (Wildman–Crippen LogP) is 3.84. The number of hydrogen-bond donors (Lipinski definition) is 1. The van der Waals surface area contributed by atoms with Crippen molar-refractivity contribution in [3.8, 4) is 0 Å². The van der Waals surface area contributed by atoms with Crippen molar-refractivity contribution in [1.82, 2.24) is 0 Å². The van der Waals surface area contributed by atoms with Crippen molar-refractivity contribution in [3.05, 3.63) is 70.2 Å². The maximum Gasteiger partial charge on any atom is 0.159 e. The zero-order chi connectivity index (χ0) is 13.3. The first-order valence-corrected chi connectivity index (χ1v) is 5.80. The van der Waals surface area contributed by atoms with E-state index in [1.54, 1.807) is 31.2 Å². The van der Waals surface area contributed by atoms with Crippen LogP contribution in [0.5, 0.6) is 0 Å². The van der Waals surface area contributed by atoms with Crippen LogP contribution in [-0.4, -0.2) is 0 Å². The lowest BCUT2D eigenvalue weighted by Crippen LogP contribution is -2.34. The maximum atomic E-state index is 13.3. The Balaban J connectivity index is 2.54. The third-order valence-electron chi connectivity index (χ3n) is 2.95. The summed E-state index contributed by atoms with van der Waals surface area (Å²) in [7, 11) is 0. The zero-order valence-corrected chi connectivity index (χ0v) is 10.5. The molecule has 18 heavy (non-hydrogen) atoms. The summed E-state index contributed by atoms with van der Waals surface area (Å²) in [6, 6.07) is 10.7. The Morgan fingerprint density at radius 1 is 1.06 bits per heavy atom. The van der Waals surface area contributed by atoms with Gasteiger partial charge in [0.25, 0.3) is 0 Å². The summed E-state index contributed by atoms with van der Waals surface area (Å²) in [4.78, 5) is 0. The van der Waals surface area contributed by atoms with Gasteiger partial charge in [0.15, 0.2) is 11.6 Å². The van der Waals surface area contributed by atoms with Gasteiger partial charge in [0.05, 0.1) is 5.54 Å². The lowest BCUT2D eigenvalue weighted by molar-refractivity contribution is 0.500. The van der Waals surface area contributed by atoms with Gasteiger partial charge in [-0.15, -0.1) is 0 Å². The number of hydrogen-bond acceptors (Lipinski definition) is 1. The van der Waals surface area contributed by atoms with Crippen LogP contribution in [-0.2, 0) is 5.54 Å². The SMILES string of the molecule is CC(N)(c1ccc(F)c(F)c1)c1ccccc1Cl. The van der Waals surface area contributed by atoms with E-state index in [4.69, 9.17) is 17.3 Å². The summed E-state index contributed by atoms with van der Waals surface area (Å²) >= 11 is 6.08. The summed E-state index contributed by atoms with van der Waals surface area (Å²) in [5.41, 5.74) is 6.36. The van der Waals surface area contributed by atoms with Crippen molar-refractivity contribution in [1.29, 1.82) is 0 Å². The predicted molar refractivity (Wildman–Crippen MR) is 68.5 cm³/mol. The summed E-state index contributed by atoms with van der Waals surface area (Å²) in [6.45, 7) is 1.71. The lowest BCUT2D eigenvalue weighted by Gasteiger charge is -2.27. The molecule has 0 aliphatic heterocycles. The molecule has 2 N–H and O–H groups in total. The molecule has 1 nitrogen and oxygen atoms in total. The highest BCUT2D eigenvalue weighted by Gasteiger charge is 2.26. The van der Waals surface area contributed by atoms with Crippen LogP contribution in [0.3, 0.4) is 0 Å². The first-order chi connectivity index (χ1) is 8.43. The number of benzene rings is 2. The molecular weight excluding hydrogens is 256 g/mol. The monoisotopic (exact) mass is 267 g/mol. The fraction of sp³-hybridized carbons (Fsp3) is 0.143. The molecule has 1 unspecified atom stereocenters. The molecule has 0 aliphatic rings. The third-order valence-corrected chi connectivity index (χ3v) is 3.28. The molecule has 94 valence electrons. The van der Waals surface area contributed by atoms with Crippen molar-refractivity contribution in [2.75, 3.05) is 0 Å². The highest BCUT2D eigenvalue weighted by Crippen LogP contribution is 2.32. The van der Waals surface area contributed by atoms with E-state index in [2.05, 4.69) is 0 Å². The average molecular weight is 268 g/mol. The van der Waals surface area contributed by atoms with Crippen LogP contribution < -0.4 is 5.73 Å². The number of halogens is 3. The molecule has 2 rings (SSSR count). The summed E-state index contributed by atoms with van der Waals surface area (Å²) in [5.74, 6) is -1.81. The van der Waals surface area contributed by atoms with Crippen molar-refractivity contribution < 1.29 is 8.78 Å². The first kappa shape index (κ1) is 13.0. The molecule has 0 radical (unpaired) electrons. The van der Waals surface area contributed by atoms with E-state index in [1.807, 2.05) is 0 Å². The zero-order valence-electron chi connectivity index (χ0n) is 9.75. The number of nitrogens with two attached hydrogens (primary N) is 1. The Kier molecular flexibility index (Phi) is 3.37. The molecular formula is C14H12ClF2N. The molecule has 0 heterocycles. The van der Waals surface area contributed by atoms with E-state index in [1.165, 1.54) is 6.07 Å². The molecule has 2 aromatic rings. The van der Waals surface area contributed by atoms with E-state index in [0.717, 1.165) is 12.1 Å². The highest BCUT2D eigenvalue weighted by atomic mass is 35.5. The minimum atomic E-state index is -0.979. The van der Waals surface area contributed by atoms with E-state index >= 15 is 0 Å². The molecule has 1 atom stereocenters. The molecule has 0 saturated heterocycles. The van der Waals surface area contributed by atoms with Gasteiger partial charge in [-0.05, 0) is 36.2 Å². The minimum Gasteiger partial charge on any atom is -0.318 e. The lowest BCUT2D eigenvalue weighted by atomic mass is 9.85. The Hall–Kier alpha value is -1.45. The molecule has 0 fully saturated rings. The van der Waals surface area contributed by atoms with Crippen molar-refractivity contribution in [2.24, 2.45) is 5.73 Å². The molecule has 4 heteroatoms. The van der Waals surface area contributed by atoms with Crippen molar-refractivity contribution >= 4 is 11.6 Å². The second kappa shape index (κ2) is 4.67. The highest BCUT2D eigenvalue weighted by molar-refractivity contribution is 6.31. The van der Waals surface area contributed by atoms with Crippen LogP contribution in [0.4, 0.5) is 8.78 Å². The Labute approximate surface area is 109 Å². The topological polar surface area (TPSA) is 26.0 Å². The summed E-state index contributed by atoms with van der Waals surface area (Å²) < 4.78 is 26.2. The molecule has 0 amide bonds. The van der Waals surface area contributed by atoms with Gasteiger partial charge in [0.1, 0.15) is 0 Å². The Morgan fingerprint density at radius 3 is 2.33 bits per heavy atom. The van der Waals surface area contributed by atoms with Gasteiger partial charge in [-0.1, -0.05) is 35.9 Å². The largest absolute Gasteiger partial charge is 0.318 e. The van der Waals surface area contributed by atoms with Gasteiger partial charge in [0.2, 0.25) is 0 Å². The van der Waals surface area contributed by atoms with E-state index in [-0.39, 0.29) is 0 Å². The van der Waals surface area contributed by atoms with Crippen LogP contribution in [0.15, 0.2) is 42.5 Å². The van der Waals surface area contributed by atoms with E-state index < -0.39 is 17.2 Å². The molecule has 0 saturated carbocycles. The number of rotatable bonds is 2. The van der Waals surface area contributed by atoms with Crippen LogP contribution >= 0.6 is 11.6 Å². The van der Waals surface area contributed by atoms with Crippen molar-refractivity contribution in [3.63, 3.8) is 0 Å². The molecule has 0 aromatic heterocycles. The van der Waals surface area contributed by atoms with Gasteiger partial charge in [-0.2, -0.15) is 0 Å².